The normalized spacial score (nSPS) is 14.2. The van der Waals surface area contributed by atoms with Gasteiger partial charge in [-0.2, -0.15) is 0 Å². The minimum absolute atomic E-state index is 0.0875. The van der Waals surface area contributed by atoms with E-state index in [1.54, 1.807) is 0 Å². The molecular weight excluding hydrogens is 364 g/mol. The third-order valence-electron chi connectivity index (χ3n) is 4.91. The van der Waals surface area contributed by atoms with Crippen LogP contribution in [0.5, 0.6) is 5.75 Å². The van der Waals surface area contributed by atoms with Crippen molar-refractivity contribution in [3.63, 3.8) is 0 Å². The van der Waals surface area contributed by atoms with E-state index in [-0.39, 0.29) is 17.9 Å². The molecule has 0 saturated carbocycles. The van der Waals surface area contributed by atoms with E-state index in [1.807, 2.05) is 77.1 Å². The smallest absolute Gasteiger partial charge is 0.278 e. The number of carbonyl (C=O) groups is 2. The summed E-state index contributed by atoms with van der Waals surface area (Å²) in [5.74, 6) is 0.227. The van der Waals surface area contributed by atoms with Crippen molar-refractivity contribution in [1.82, 2.24) is 4.90 Å². The van der Waals surface area contributed by atoms with Crippen LogP contribution in [0.15, 0.2) is 48.2 Å². The van der Waals surface area contributed by atoms with Crippen LogP contribution in [0.1, 0.15) is 43.9 Å². The molecule has 5 nitrogen and oxygen atoms in total. The average Bonchev–Trinajstić information content (AvgIpc) is 2.90. The Morgan fingerprint density at radius 3 is 2.24 bits per heavy atom. The molecule has 3 rings (SSSR count). The van der Waals surface area contributed by atoms with E-state index in [2.05, 4.69) is 5.32 Å². The molecule has 2 aromatic rings. The monoisotopic (exact) mass is 392 g/mol. The van der Waals surface area contributed by atoms with Gasteiger partial charge in [0, 0.05) is 12.2 Å². The van der Waals surface area contributed by atoms with E-state index in [4.69, 9.17) is 4.74 Å². The number of hydrogen-bond donors (Lipinski definition) is 1. The van der Waals surface area contributed by atoms with Gasteiger partial charge in [0.2, 0.25) is 0 Å². The summed E-state index contributed by atoms with van der Waals surface area (Å²) in [5.41, 5.74) is 4.47. The average molecular weight is 392 g/mol. The molecule has 0 saturated heterocycles. The maximum absolute atomic E-state index is 13.1. The lowest BCUT2D eigenvalue weighted by molar-refractivity contribution is -0.136. The first-order valence-corrected chi connectivity index (χ1v) is 10.0. The second-order valence-corrected chi connectivity index (χ2v) is 7.63. The highest BCUT2D eigenvalue weighted by Gasteiger charge is 2.38. The molecule has 0 aromatic heterocycles. The number of amides is 2. The fraction of sp³-hybridized carbons (Fsp3) is 0.333. The Hall–Kier alpha value is -3.08. The van der Waals surface area contributed by atoms with Crippen molar-refractivity contribution < 1.29 is 14.3 Å². The maximum atomic E-state index is 13.1. The van der Waals surface area contributed by atoms with Gasteiger partial charge in [-0.05, 0) is 75.1 Å². The number of benzene rings is 2. The zero-order chi connectivity index (χ0) is 21.1. The molecule has 0 fully saturated rings. The van der Waals surface area contributed by atoms with Gasteiger partial charge >= 0.3 is 0 Å². The van der Waals surface area contributed by atoms with Gasteiger partial charge in [-0.1, -0.05) is 25.1 Å². The summed E-state index contributed by atoms with van der Waals surface area (Å²) in [5, 5.41) is 3.18. The molecular formula is C24H28N2O3. The molecule has 5 heteroatoms. The summed E-state index contributed by atoms with van der Waals surface area (Å²) in [4.78, 5) is 27.4. The number of aryl methyl sites for hydroxylation is 2. The van der Waals surface area contributed by atoms with E-state index in [0.29, 0.717) is 24.2 Å². The van der Waals surface area contributed by atoms with Gasteiger partial charge in [-0.25, -0.2) is 0 Å². The van der Waals surface area contributed by atoms with Crippen LogP contribution in [-0.4, -0.2) is 29.4 Å². The van der Waals surface area contributed by atoms with Crippen LogP contribution >= 0.6 is 0 Å². The summed E-state index contributed by atoms with van der Waals surface area (Å²) in [6.07, 6.45) is 0.802. The molecule has 0 radical (unpaired) electrons. The van der Waals surface area contributed by atoms with Gasteiger partial charge in [0.05, 0.1) is 11.7 Å². The molecule has 152 valence electrons. The number of nitrogens with one attached hydrogen (secondary N) is 1. The van der Waals surface area contributed by atoms with E-state index >= 15 is 0 Å². The van der Waals surface area contributed by atoms with Crippen molar-refractivity contribution in [1.29, 1.82) is 0 Å². The van der Waals surface area contributed by atoms with Crippen LogP contribution in [0.2, 0.25) is 0 Å². The van der Waals surface area contributed by atoms with Gasteiger partial charge in [-0.15, -0.1) is 0 Å². The summed E-state index contributed by atoms with van der Waals surface area (Å²) >= 11 is 0. The van der Waals surface area contributed by atoms with Crippen molar-refractivity contribution >= 4 is 23.1 Å². The maximum Gasteiger partial charge on any atom is 0.278 e. The Bertz CT molecular complexity index is 959. The zero-order valence-corrected chi connectivity index (χ0v) is 17.7. The predicted molar refractivity (Wildman–Crippen MR) is 116 cm³/mol. The first-order chi connectivity index (χ1) is 13.8. The number of rotatable bonds is 7. The SMILES string of the molecule is CCCN1C(=O)C(Nc2ccc(OC(C)C)cc2)=C(c2ccc(C)c(C)c2)C1=O. The van der Waals surface area contributed by atoms with E-state index in [1.165, 1.54) is 4.90 Å². The topological polar surface area (TPSA) is 58.6 Å². The minimum atomic E-state index is -0.285. The van der Waals surface area contributed by atoms with Gasteiger partial charge < -0.3 is 10.1 Å². The molecule has 0 atom stereocenters. The quantitative estimate of drug-likeness (QED) is 0.695. The highest BCUT2D eigenvalue weighted by molar-refractivity contribution is 6.36. The standard InChI is InChI=1S/C24H28N2O3/c1-6-13-26-23(27)21(18-8-7-16(4)17(5)14-18)22(24(26)28)25-19-9-11-20(12-10-19)29-15(2)3/h7-12,14-15,25H,6,13H2,1-5H3. The van der Waals surface area contributed by atoms with Crippen LogP contribution in [0.3, 0.4) is 0 Å². The van der Waals surface area contributed by atoms with E-state index in [0.717, 1.165) is 28.1 Å². The number of imide groups is 1. The predicted octanol–water partition coefficient (Wildman–Crippen LogP) is 4.69. The third kappa shape index (κ3) is 4.34. The van der Waals surface area contributed by atoms with E-state index in [9.17, 15) is 9.59 Å². The number of anilines is 1. The Morgan fingerprint density at radius 1 is 0.966 bits per heavy atom. The lowest BCUT2D eigenvalue weighted by Gasteiger charge is -2.14. The molecule has 29 heavy (non-hydrogen) atoms. The Kier molecular flexibility index (Phi) is 6.06. The minimum Gasteiger partial charge on any atom is -0.491 e. The fourth-order valence-electron chi connectivity index (χ4n) is 3.32. The highest BCUT2D eigenvalue weighted by atomic mass is 16.5. The van der Waals surface area contributed by atoms with Crippen LogP contribution in [0.4, 0.5) is 5.69 Å². The van der Waals surface area contributed by atoms with Crippen LogP contribution in [0.25, 0.3) is 5.57 Å². The zero-order valence-electron chi connectivity index (χ0n) is 17.7. The lowest BCUT2D eigenvalue weighted by atomic mass is 9.99. The third-order valence-corrected chi connectivity index (χ3v) is 4.91. The molecule has 0 bridgehead atoms. The second kappa shape index (κ2) is 8.52. The number of nitrogens with zero attached hydrogens (tertiary/aromatic N) is 1. The first-order valence-electron chi connectivity index (χ1n) is 10.0. The number of ether oxygens (including phenoxy) is 1. The molecule has 0 aliphatic carbocycles. The fourth-order valence-corrected chi connectivity index (χ4v) is 3.32. The molecule has 1 aliphatic heterocycles. The summed E-state index contributed by atoms with van der Waals surface area (Å²) < 4.78 is 5.67. The molecule has 2 aromatic carbocycles. The van der Waals surface area contributed by atoms with Crippen LogP contribution < -0.4 is 10.1 Å². The second-order valence-electron chi connectivity index (χ2n) is 7.63. The van der Waals surface area contributed by atoms with Crippen molar-refractivity contribution in [2.45, 2.75) is 47.1 Å². The molecule has 1 aliphatic rings. The number of hydrogen-bond acceptors (Lipinski definition) is 4. The molecule has 1 heterocycles. The summed E-state index contributed by atoms with van der Waals surface area (Å²) in [7, 11) is 0. The molecule has 0 unspecified atom stereocenters. The van der Waals surface area contributed by atoms with Crippen LogP contribution in [0, 0.1) is 13.8 Å². The highest BCUT2D eigenvalue weighted by Crippen LogP contribution is 2.32. The Balaban J connectivity index is 1.99. The van der Waals surface area contributed by atoms with Crippen molar-refractivity contribution in [2.24, 2.45) is 0 Å². The van der Waals surface area contributed by atoms with Gasteiger partial charge in [0.25, 0.3) is 11.8 Å². The van der Waals surface area contributed by atoms with Gasteiger partial charge in [0.1, 0.15) is 11.4 Å². The largest absolute Gasteiger partial charge is 0.491 e. The summed E-state index contributed by atoms with van der Waals surface area (Å²) in [6, 6.07) is 13.2. The molecule has 1 N–H and O–H groups in total. The van der Waals surface area contributed by atoms with E-state index < -0.39 is 0 Å². The number of carbonyl (C=O) groups excluding carboxylic acids is 2. The first kappa shape index (κ1) is 20.6. The van der Waals surface area contributed by atoms with Crippen molar-refractivity contribution in [3.05, 3.63) is 64.9 Å². The lowest BCUT2D eigenvalue weighted by Crippen LogP contribution is -2.33. The molecule has 0 spiro atoms. The van der Waals surface area contributed by atoms with Crippen molar-refractivity contribution in [2.75, 3.05) is 11.9 Å². The summed E-state index contributed by atoms with van der Waals surface area (Å²) in [6.45, 7) is 10.3. The van der Waals surface area contributed by atoms with Gasteiger partial charge in [0.15, 0.2) is 0 Å². The Morgan fingerprint density at radius 2 is 1.66 bits per heavy atom. The van der Waals surface area contributed by atoms with Crippen LogP contribution in [-0.2, 0) is 9.59 Å². The van der Waals surface area contributed by atoms with Gasteiger partial charge in [-0.3, -0.25) is 14.5 Å². The Labute approximate surface area is 172 Å². The molecule has 2 amide bonds. The van der Waals surface area contributed by atoms with Crippen molar-refractivity contribution in [3.8, 4) is 5.75 Å².